The Labute approximate surface area is 147 Å². The van der Waals surface area contributed by atoms with Gasteiger partial charge in [0, 0.05) is 19.0 Å². The van der Waals surface area contributed by atoms with Crippen molar-refractivity contribution in [1.29, 1.82) is 0 Å². The van der Waals surface area contributed by atoms with Crippen LogP contribution in [0.5, 0.6) is 0 Å². The van der Waals surface area contributed by atoms with Crippen molar-refractivity contribution in [2.24, 2.45) is 0 Å². The molecule has 0 saturated heterocycles. The molecular weight excluding hydrogens is 476 g/mol. The van der Waals surface area contributed by atoms with E-state index in [9.17, 15) is 4.39 Å². The summed E-state index contributed by atoms with van der Waals surface area (Å²) in [6, 6.07) is 8.51. The Balaban J connectivity index is 2.55. The van der Waals surface area contributed by atoms with Crippen molar-refractivity contribution in [3.8, 4) is 0 Å². The fourth-order valence-corrected chi connectivity index (χ4v) is 3.74. The molecule has 0 spiro atoms. The first-order chi connectivity index (χ1) is 9.43. The maximum absolute atomic E-state index is 14.2. The number of nitrogens with one attached hydrogen (secondary N) is 1. The molecule has 0 aliphatic heterocycles. The van der Waals surface area contributed by atoms with Gasteiger partial charge in [-0.25, -0.2) is 4.39 Å². The Morgan fingerprint density at radius 2 is 1.75 bits per heavy atom. The molecule has 1 N–H and O–H groups in total. The zero-order valence-corrected chi connectivity index (χ0v) is 15.9. The molecule has 0 aliphatic carbocycles. The van der Waals surface area contributed by atoms with Crippen LogP contribution in [0.4, 0.5) is 4.39 Å². The molecule has 0 aromatic heterocycles. The maximum Gasteiger partial charge on any atom is 0.129 e. The average molecular weight is 486 g/mol. The van der Waals surface area contributed by atoms with Gasteiger partial charge >= 0.3 is 0 Å². The van der Waals surface area contributed by atoms with Crippen LogP contribution in [0.25, 0.3) is 0 Å². The van der Waals surface area contributed by atoms with Gasteiger partial charge in [0.15, 0.2) is 0 Å². The zero-order valence-electron chi connectivity index (χ0n) is 10.4. The van der Waals surface area contributed by atoms with Crippen molar-refractivity contribution in [1.82, 2.24) is 5.32 Å². The van der Waals surface area contributed by atoms with E-state index in [4.69, 9.17) is 11.6 Å². The summed E-state index contributed by atoms with van der Waals surface area (Å²) in [7, 11) is 1.79. The van der Waals surface area contributed by atoms with Crippen LogP contribution in [0.3, 0.4) is 0 Å². The summed E-state index contributed by atoms with van der Waals surface area (Å²) >= 11 is 16.2. The van der Waals surface area contributed by atoms with Crippen LogP contribution in [0.1, 0.15) is 17.2 Å². The summed E-state index contributed by atoms with van der Waals surface area (Å²) in [5.74, 6) is -0.310. The van der Waals surface area contributed by atoms with Crippen molar-refractivity contribution in [2.75, 3.05) is 7.05 Å². The Morgan fingerprint density at radius 1 is 1.05 bits per heavy atom. The predicted octanol–water partition coefficient (Wildman–Crippen LogP) is 6.08. The predicted molar refractivity (Wildman–Crippen MR) is 91.9 cm³/mol. The minimum absolute atomic E-state index is 0.289. The highest BCUT2D eigenvalue weighted by atomic mass is 79.9. The quantitative estimate of drug-likeness (QED) is 0.519. The molecule has 0 bridgehead atoms. The van der Waals surface area contributed by atoms with Gasteiger partial charge in [-0.15, -0.1) is 0 Å². The van der Waals surface area contributed by atoms with Crippen LogP contribution in [0, 0.1) is 5.82 Å². The standard InChI is InChI=1S/C14H10Br3ClFN/c1-20-14(8-3-2-7(15)4-10(8)16)9-5-12(18)11(17)6-13(9)19/h2-6,14,20H,1H3. The van der Waals surface area contributed by atoms with Crippen LogP contribution in [0.15, 0.2) is 43.7 Å². The molecule has 6 heteroatoms. The first-order valence-electron chi connectivity index (χ1n) is 5.70. The monoisotopic (exact) mass is 483 g/mol. The van der Waals surface area contributed by atoms with Gasteiger partial charge in [-0.3, -0.25) is 0 Å². The van der Waals surface area contributed by atoms with E-state index in [0.29, 0.717) is 15.1 Å². The van der Waals surface area contributed by atoms with Gasteiger partial charge in [-0.05, 0) is 52.8 Å². The SMILES string of the molecule is CNC(c1cc(Cl)c(Br)cc1F)c1ccc(Br)cc1Br. The highest BCUT2D eigenvalue weighted by Crippen LogP contribution is 2.35. The minimum atomic E-state index is -0.310. The van der Waals surface area contributed by atoms with Crippen LogP contribution in [0.2, 0.25) is 5.02 Å². The Hall–Kier alpha value is 0.0600. The highest BCUT2D eigenvalue weighted by molar-refractivity contribution is 9.11. The smallest absolute Gasteiger partial charge is 0.129 e. The van der Waals surface area contributed by atoms with Crippen LogP contribution < -0.4 is 5.32 Å². The lowest BCUT2D eigenvalue weighted by Crippen LogP contribution is -2.19. The number of hydrogen-bond acceptors (Lipinski definition) is 1. The number of rotatable bonds is 3. The van der Waals surface area contributed by atoms with Crippen molar-refractivity contribution in [3.05, 3.63) is 65.7 Å². The topological polar surface area (TPSA) is 12.0 Å². The lowest BCUT2D eigenvalue weighted by atomic mass is 9.98. The number of hydrogen-bond donors (Lipinski definition) is 1. The molecule has 1 unspecified atom stereocenters. The van der Waals surface area contributed by atoms with Crippen molar-refractivity contribution in [2.45, 2.75) is 6.04 Å². The third-order valence-corrected chi connectivity index (χ3v) is 5.29. The Morgan fingerprint density at radius 3 is 2.35 bits per heavy atom. The molecule has 0 saturated carbocycles. The Bertz CT molecular complexity index is 649. The van der Waals surface area contributed by atoms with E-state index in [1.54, 1.807) is 13.1 Å². The lowest BCUT2D eigenvalue weighted by Gasteiger charge is -2.20. The third-order valence-electron chi connectivity index (χ3n) is 2.91. The fourth-order valence-electron chi connectivity index (χ4n) is 1.97. The van der Waals surface area contributed by atoms with Crippen LogP contribution >= 0.6 is 59.4 Å². The molecule has 0 fully saturated rings. The zero-order chi connectivity index (χ0) is 14.9. The normalized spacial score (nSPS) is 12.5. The summed E-state index contributed by atoms with van der Waals surface area (Å²) in [6.07, 6.45) is 0. The molecule has 0 radical (unpaired) electrons. The highest BCUT2D eigenvalue weighted by Gasteiger charge is 2.20. The van der Waals surface area contributed by atoms with Gasteiger partial charge in [0.25, 0.3) is 0 Å². The van der Waals surface area contributed by atoms with Crippen molar-refractivity contribution in [3.63, 3.8) is 0 Å². The lowest BCUT2D eigenvalue weighted by molar-refractivity contribution is 0.574. The first-order valence-corrected chi connectivity index (χ1v) is 8.46. The first kappa shape index (κ1) is 16.4. The fraction of sp³-hybridized carbons (Fsp3) is 0.143. The number of benzene rings is 2. The van der Waals surface area contributed by atoms with Gasteiger partial charge in [0.1, 0.15) is 5.82 Å². The van der Waals surface area contributed by atoms with Crippen molar-refractivity contribution < 1.29 is 4.39 Å². The largest absolute Gasteiger partial charge is 0.309 e. The molecule has 20 heavy (non-hydrogen) atoms. The van der Waals surface area contributed by atoms with Gasteiger partial charge in [-0.1, -0.05) is 49.5 Å². The van der Waals surface area contributed by atoms with E-state index in [0.717, 1.165) is 14.5 Å². The van der Waals surface area contributed by atoms with E-state index >= 15 is 0 Å². The van der Waals surface area contributed by atoms with Gasteiger partial charge in [0.05, 0.1) is 11.1 Å². The molecule has 1 nitrogen and oxygen atoms in total. The molecule has 2 aromatic carbocycles. The van der Waals surface area contributed by atoms with E-state index in [1.807, 2.05) is 18.2 Å². The molecule has 2 aromatic rings. The Kier molecular flexibility index (Phi) is 5.65. The summed E-state index contributed by atoms with van der Waals surface area (Å²) in [6.45, 7) is 0. The van der Waals surface area contributed by atoms with Crippen LogP contribution in [-0.4, -0.2) is 7.05 Å². The molecule has 106 valence electrons. The molecule has 1 atom stereocenters. The van der Waals surface area contributed by atoms with E-state index in [2.05, 4.69) is 53.1 Å². The molecule has 0 heterocycles. The van der Waals surface area contributed by atoms with E-state index in [-0.39, 0.29) is 11.9 Å². The van der Waals surface area contributed by atoms with Gasteiger partial charge in [0.2, 0.25) is 0 Å². The second-order valence-corrected chi connectivity index (χ2v) is 7.21. The molecule has 0 aliphatic rings. The summed E-state index contributed by atoms with van der Waals surface area (Å²) in [5, 5.41) is 3.60. The van der Waals surface area contributed by atoms with Gasteiger partial charge < -0.3 is 5.32 Å². The second kappa shape index (κ2) is 6.88. The van der Waals surface area contributed by atoms with Gasteiger partial charge in [-0.2, -0.15) is 0 Å². The third kappa shape index (κ3) is 3.45. The molecule has 2 rings (SSSR count). The molecular formula is C14H10Br3ClFN. The number of halogens is 5. The minimum Gasteiger partial charge on any atom is -0.309 e. The molecule has 0 amide bonds. The van der Waals surface area contributed by atoms with E-state index in [1.165, 1.54) is 6.07 Å². The summed E-state index contributed by atoms with van der Waals surface area (Å²) < 4.78 is 16.6. The summed E-state index contributed by atoms with van der Waals surface area (Å²) in [5.41, 5.74) is 1.44. The maximum atomic E-state index is 14.2. The van der Waals surface area contributed by atoms with Crippen molar-refractivity contribution >= 4 is 59.4 Å². The van der Waals surface area contributed by atoms with Crippen LogP contribution in [-0.2, 0) is 0 Å². The second-order valence-electron chi connectivity index (χ2n) is 4.18. The average Bonchev–Trinajstić information content (AvgIpc) is 2.38. The summed E-state index contributed by atoms with van der Waals surface area (Å²) in [4.78, 5) is 0. The van der Waals surface area contributed by atoms with E-state index < -0.39 is 0 Å².